The van der Waals surface area contributed by atoms with Gasteiger partial charge >= 0.3 is 5.97 Å². The molecule has 6 heteroatoms. The molecule has 1 rings (SSSR count). The lowest BCUT2D eigenvalue weighted by atomic mass is 10.1. The molecule has 0 unspecified atom stereocenters. The maximum atomic E-state index is 11.6. The number of hydrogen-bond donors (Lipinski definition) is 2. The molecular formula is C13H19NO4S. The molecular weight excluding hydrogens is 266 g/mol. The summed E-state index contributed by atoms with van der Waals surface area (Å²) in [6, 6.07) is 8.32. The van der Waals surface area contributed by atoms with Gasteiger partial charge in [0, 0.05) is 0 Å². The molecule has 0 aliphatic carbocycles. The number of benzene rings is 1. The summed E-state index contributed by atoms with van der Waals surface area (Å²) in [5.41, 5.74) is 0.989. The normalized spacial score (nSPS) is 13.1. The van der Waals surface area contributed by atoms with Gasteiger partial charge in [0.25, 0.3) is 0 Å². The van der Waals surface area contributed by atoms with Crippen molar-refractivity contribution < 1.29 is 18.3 Å². The van der Waals surface area contributed by atoms with E-state index >= 15 is 0 Å². The average Bonchev–Trinajstić information content (AvgIpc) is 2.35. The number of carboxylic acid groups (broad SMARTS) is 1. The molecule has 0 bridgehead atoms. The first-order chi connectivity index (χ1) is 8.94. The molecule has 0 fully saturated rings. The number of hydrogen-bond acceptors (Lipinski definition) is 3. The molecule has 0 aliphatic rings. The Labute approximate surface area is 113 Å². The molecule has 1 aromatic carbocycles. The first-order valence-electron chi connectivity index (χ1n) is 6.21. The number of aryl methyl sites for hydroxylation is 1. The molecule has 19 heavy (non-hydrogen) atoms. The summed E-state index contributed by atoms with van der Waals surface area (Å²) in [5, 5.41) is 9.06. The van der Waals surface area contributed by atoms with Gasteiger partial charge in [-0.05, 0) is 24.8 Å². The van der Waals surface area contributed by atoms with Crippen LogP contribution in [0.15, 0.2) is 30.3 Å². The summed E-state index contributed by atoms with van der Waals surface area (Å²) < 4.78 is 25.4. The van der Waals surface area contributed by atoms with E-state index in [-0.39, 0.29) is 12.2 Å². The third-order valence-electron chi connectivity index (χ3n) is 2.66. The zero-order valence-corrected chi connectivity index (χ0v) is 11.7. The van der Waals surface area contributed by atoms with Gasteiger partial charge in [-0.15, -0.1) is 0 Å². The molecule has 0 amide bonds. The van der Waals surface area contributed by atoms with Crippen LogP contribution in [0.2, 0.25) is 0 Å². The number of aliphatic carboxylic acids is 1. The summed E-state index contributed by atoms with van der Waals surface area (Å²) >= 11 is 0. The van der Waals surface area contributed by atoms with Crippen molar-refractivity contribution in [3.05, 3.63) is 35.9 Å². The predicted octanol–water partition coefficient (Wildman–Crippen LogP) is 1.40. The number of rotatable bonds is 8. The van der Waals surface area contributed by atoms with Gasteiger partial charge in [-0.2, -0.15) is 0 Å². The summed E-state index contributed by atoms with van der Waals surface area (Å²) in [7, 11) is -3.51. The van der Waals surface area contributed by atoms with E-state index in [1.807, 2.05) is 30.3 Å². The van der Waals surface area contributed by atoms with Crippen LogP contribution in [0, 0.1) is 0 Å². The Morgan fingerprint density at radius 1 is 1.32 bits per heavy atom. The van der Waals surface area contributed by atoms with Crippen LogP contribution in [0.5, 0.6) is 0 Å². The van der Waals surface area contributed by atoms with Crippen LogP contribution in [0.4, 0.5) is 0 Å². The first-order valence-corrected chi connectivity index (χ1v) is 7.86. The third kappa shape index (κ3) is 5.85. The van der Waals surface area contributed by atoms with Crippen molar-refractivity contribution in [1.82, 2.24) is 4.72 Å². The SMILES string of the molecule is CCCS(=O)(=O)N[C@@H](CCc1ccccc1)C(=O)O. The molecule has 0 spiro atoms. The summed E-state index contributed by atoms with van der Waals surface area (Å²) in [6.07, 6.45) is 1.22. The molecule has 0 heterocycles. The largest absolute Gasteiger partial charge is 0.480 e. The van der Waals surface area contributed by atoms with Crippen LogP contribution in [0.3, 0.4) is 0 Å². The van der Waals surface area contributed by atoms with Gasteiger partial charge in [0.05, 0.1) is 5.75 Å². The number of carbonyl (C=O) groups is 1. The average molecular weight is 285 g/mol. The van der Waals surface area contributed by atoms with Crippen LogP contribution in [0.25, 0.3) is 0 Å². The van der Waals surface area contributed by atoms with Crippen LogP contribution in [-0.2, 0) is 21.2 Å². The minimum Gasteiger partial charge on any atom is -0.480 e. The Bertz CT molecular complexity index is 499. The number of carboxylic acids is 1. The highest BCUT2D eigenvalue weighted by atomic mass is 32.2. The highest BCUT2D eigenvalue weighted by Gasteiger charge is 2.23. The molecule has 0 aromatic heterocycles. The zero-order chi connectivity index (χ0) is 14.3. The second kappa shape index (κ2) is 7.25. The van der Waals surface area contributed by atoms with Gasteiger partial charge in [-0.25, -0.2) is 13.1 Å². The highest BCUT2D eigenvalue weighted by molar-refractivity contribution is 7.89. The fraction of sp³-hybridized carbons (Fsp3) is 0.462. The van der Waals surface area contributed by atoms with E-state index < -0.39 is 22.0 Å². The van der Waals surface area contributed by atoms with Gasteiger partial charge in [0.1, 0.15) is 6.04 Å². The Morgan fingerprint density at radius 3 is 2.47 bits per heavy atom. The van der Waals surface area contributed by atoms with Gasteiger partial charge in [-0.3, -0.25) is 4.79 Å². The topological polar surface area (TPSA) is 83.5 Å². The van der Waals surface area contributed by atoms with Crippen molar-refractivity contribution >= 4 is 16.0 Å². The van der Waals surface area contributed by atoms with Crippen molar-refractivity contribution in [2.45, 2.75) is 32.2 Å². The van der Waals surface area contributed by atoms with Gasteiger partial charge in [-0.1, -0.05) is 37.3 Å². The van der Waals surface area contributed by atoms with E-state index in [9.17, 15) is 13.2 Å². The van der Waals surface area contributed by atoms with Crippen LogP contribution in [-0.4, -0.2) is 31.3 Å². The smallest absolute Gasteiger partial charge is 0.321 e. The molecule has 1 aromatic rings. The maximum Gasteiger partial charge on any atom is 0.321 e. The fourth-order valence-electron chi connectivity index (χ4n) is 1.73. The quantitative estimate of drug-likeness (QED) is 0.756. The molecule has 5 nitrogen and oxygen atoms in total. The van der Waals surface area contributed by atoms with Crippen LogP contribution >= 0.6 is 0 Å². The Balaban J connectivity index is 2.62. The summed E-state index contributed by atoms with van der Waals surface area (Å²) in [5.74, 6) is -1.20. The zero-order valence-electron chi connectivity index (χ0n) is 10.9. The Kier molecular flexibility index (Phi) is 5.98. The minimum absolute atomic E-state index is 0.0535. The van der Waals surface area contributed by atoms with E-state index in [2.05, 4.69) is 4.72 Å². The fourth-order valence-corrected chi connectivity index (χ4v) is 3.04. The maximum absolute atomic E-state index is 11.6. The second-order valence-corrected chi connectivity index (χ2v) is 6.23. The standard InChI is InChI=1S/C13H19NO4S/c1-2-10-19(17,18)14-12(13(15)16)9-8-11-6-4-3-5-7-11/h3-7,12,14H,2,8-10H2,1H3,(H,15,16)/t12-/m0/s1. The predicted molar refractivity (Wildman–Crippen MR) is 73.4 cm³/mol. The van der Waals surface area contributed by atoms with Crippen molar-refractivity contribution in [2.75, 3.05) is 5.75 Å². The highest BCUT2D eigenvalue weighted by Crippen LogP contribution is 2.06. The second-order valence-electron chi connectivity index (χ2n) is 4.35. The van der Waals surface area contributed by atoms with E-state index in [0.717, 1.165) is 5.56 Å². The molecule has 0 saturated carbocycles. The minimum atomic E-state index is -3.51. The lowest BCUT2D eigenvalue weighted by molar-refractivity contribution is -0.139. The van der Waals surface area contributed by atoms with Crippen molar-refractivity contribution in [1.29, 1.82) is 0 Å². The molecule has 1 atom stereocenters. The van der Waals surface area contributed by atoms with Crippen molar-refractivity contribution in [2.24, 2.45) is 0 Å². The number of sulfonamides is 1. The third-order valence-corrected chi connectivity index (χ3v) is 4.25. The summed E-state index contributed by atoms with van der Waals surface area (Å²) in [6.45, 7) is 1.74. The number of nitrogens with one attached hydrogen (secondary N) is 1. The van der Waals surface area contributed by atoms with Crippen LogP contribution in [0.1, 0.15) is 25.3 Å². The first kappa shape index (κ1) is 15.7. The molecule has 2 N–H and O–H groups in total. The molecule has 0 aliphatic heterocycles. The van der Waals surface area contributed by atoms with E-state index in [1.54, 1.807) is 6.92 Å². The van der Waals surface area contributed by atoms with E-state index in [4.69, 9.17) is 5.11 Å². The monoisotopic (exact) mass is 285 g/mol. The van der Waals surface area contributed by atoms with Gasteiger partial charge in [0.15, 0.2) is 0 Å². The Morgan fingerprint density at radius 2 is 1.95 bits per heavy atom. The van der Waals surface area contributed by atoms with Crippen LogP contribution < -0.4 is 4.72 Å². The lowest BCUT2D eigenvalue weighted by Crippen LogP contribution is -2.42. The molecule has 0 saturated heterocycles. The molecule has 106 valence electrons. The van der Waals surface area contributed by atoms with Crippen molar-refractivity contribution in [3.8, 4) is 0 Å². The van der Waals surface area contributed by atoms with E-state index in [1.165, 1.54) is 0 Å². The van der Waals surface area contributed by atoms with Gasteiger partial charge < -0.3 is 5.11 Å². The van der Waals surface area contributed by atoms with Crippen molar-refractivity contribution in [3.63, 3.8) is 0 Å². The van der Waals surface area contributed by atoms with E-state index in [0.29, 0.717) is 12.8 Å². The molecule has 0 radical (unpaired) electrons. The van der Waals surface area contributed by atoms with Gasteiger partial charge in [0.2, 0.25) is 10.0 Å². The summed E-state index contributed by atoms with van der Waals surface area (Å²) in [4.78, 5) is 11.1. The lowest BCUT2D eigenvalue weighted by Gasteiger charge is -2.14. The Hall–Kier alpha value is -1.40.